The Kier molecular flexibility index (Phi) is 1.63. The van der Waals surface area contributed by atoms with Crippen molar-refractivity contribution < 1.29 is 4.79 Å². The maximum Gasteiger partial charge on any atom is 0.238 e. The predicted octanol–water partition coefficient (Wildman–Crippen LogP) is -0.397. The Balaban J connectivity index is 1.95. The van der Waals surface area contributed by atoms with Crippen LogP contribution in [0.5, 0.6) is 0 Å². The van der Waals surface area contributed by atoms with E-state index in [-0.39, 0.29) is 17.5 Å². The number of carbonyl (C=O) groups excluding carboxylic acids is 1. The van der Waals surface area contributed by atoms with E-state index in [4.69, 9.17) is 5.73 Å². The molecule has 0 aromatic heterocycles. The van der Waals surface area contributed by atoms with Gasteiger partial charge in [0.05, 0.1) is 6.54 Å². The lowest BCUT2D eigenvalue weighted by Gasteiger charge is -2.19. The molecule has 1 aliphatic carbocycles. The smallest absolute Gasteiger partial charge is 0.238 e. The molecule has 1 aliphatic heterocycles. The van der Waals surface area contributed by atoms with Crippen molar-refractivity contribution in [2.75, 3.05) is 6.54 Å². The molecule has 12 heavy (non-hydrogen) atoms. The monoisotopic (exact) mass is 169 g/mol. The van der Waals surface area contributed by atoms with E-state index in [0.717, 1.165) is 12.8 Å². The molecule has 2 aliphatic rings. The van der Waals surface area contributed by atoms with E-state index in [0.29, 0.717) is 13.0 Å². The van der Waals surface area contributed by atoms with Gasteiger partial charge in [-0.3, -0.25) is 9.80 Å². The summed E-state index contributed by atoms with van der Waals surface area (Å²) in [5.74, 6) is 0.199. The summed E-state index contributed by atoms with van der Waals surface area (Å²) in [7, 11) is 0. The summed E-state index contributed by atoms with van der Waals surface area (Å²) < 4.78 is 0. The second kappa shape index (κ2) is 2.44. The molecular formula is C8H15N3O. The largest absolute Gasteiger partial charge is 0.326 e. The molecular weight excluding hydrogens is 154 g/mol. The lowest BCUT2D eigenvalue weighted by molar-refractivity contribution is -0.129. The van der Waals surface area contributed by atoms with Crippen LogP contribution in [-0.4, -0.2) is 29.0 Å². The summed E-state index contributed by atoms with van der Waals surface area (Å²) in [6, 6.07) is 0.0513. The van der Waals surface area contributed by atoms with E-state index < -0.39 is 0 Å². The average Bonchev–Trinajstić information content (AvgIpc) is 2.59. The number of hydrogen-bond donors (Lipinski definition) is 2. The number of rotatable bonds is 2. The van der Waals surface area contributed by atoms with Crippen LogP contribution in [0.3, 0.4) is 0 Å². The summed E-state index contributed by atoms with van der Waals surface area (Å²) in [6.07, 6.45) is 2.93. The standard InChI is InChI=1S/C8H15N3O/c1-6(9)5-11-7(12)4-8(10-11)2-3-8/h6,10H,2-5,9H2,1H3. The van der Waals surface area contributed by atoms with Gasteiger partial charge in [-0.25, -0.2) is 5.43 Å². The number of hydrazine groups is 1. The van der Waals surface area contributed by atoms with E-state index in [2.05, 4.69) is 5.43 Å². The van der Waals surface area contributed by atoms with Crippen molar-refractivity contribution in [3.05, 3.63) is 0 Å². The van der Waals surface area contributed by atoms with Gasteiger partial charge in [-0.05, 0) is 19.8 Å². The van der Waals surface area contributed by atoms with Crippen molar-refractivity contribution >= 4 is 5.91 Å². The van der Waals surface area contributed by atoms with Crippen LogP contribution in [0.2, 0.25) is 0 Å². The quantitative estimate of drug-likeness (QED) is 0.591. The summed E-state index contributed by atoms with van der Waals surface area (Å²) in [5.41, 5.74) is 8.98. The number of amides is 1. The molecule has 1 spiro atoms. The van der Waals surface area contributed by atoms with Gasteiger partial charge >= 0.3 is 0 Å². The molecule has 1 atom stereocenters. The van der Waals surface area contributed by atoms with Gasteiger partial charge in [0, 0.05) is 18.0 Å². The molecule has 2 rings (SSSR count). The molecule has 0 bridgehead atoms. The lowest BCUT2D eigenvalue weighted by atomic mass is 10.2. The molecule has 0 aromatic carbocycles. The van der Waals surface area contributed by atoms with Crippen molar-refractivity contribution in [3.63, 3.8) is 0 Å². The topological polar surface area (TPSA) is 58.4 Å². The third kappa shape index (κ3) is 1.32. The van der Waals surface area contributed by atoms with Crippen LogP contribution in [0.4, 0.5) is 0 Å². The molecule has 2 fully saturated rings. The molecule has 1 amide bonds. The van der Waals surface area contributed by atoms with E-state index in [1.807, 2.05) is 6.92 Å². The van der Waals surface area contributed by atoms with Crippen molar-refractivity contribution in [2.24, 2.45) is 5.73 Å². The Bertz CT molecular complexity index is 210. The molecule has 1 unspecified atom stereocenters. The lowest BCUT2D eigenvalue weighted by Crippen LogP contribution is -2.44. The van der Waals surface area contributed by atoms with Gasteiger partial charge in [0.1, 0.15) is 0 Å². The molecule has 1 heterocycles. The van der Waals surface area contributed by atoms with Crippen LogP contribution < -0.4 is 11.2 Å². The highest BCUT2D eigenvalue weighted by molar-refractivity contribution is 5.80. The van der Waals surface area contributed by atoms with Gasteiger partial charge in [-0.15, -0.1) is 0 Å². The Hall–Kier alpha value is -0.610. The number of nitrogens with zero attached hydrogens (tertiary/aromatic N) is 1. The van der Waals surface area contributed by atoms with Gasteiger partial charge in [0.15, 0.2) is 0 Å². The van der Waals surface area contributed by atoms with Crippen molar-refractivity contribution in [1.29, 1.82) is 0 Å². The first-order chi connectivity index (χ1) is 5.61. The molecule has 0 aromatic rings. The Labute approximate surface area is 72.1 Å². The third-order valence-electron chi connectivity index (χ3n) is 2.49. The average molecular weight is 169 g/mol. The van der Waals surface area contributed by atoms with Crippen molar-refractivity contribution in [2.45, 2.75) is 37.8 Å². The van der Waals surface area contributed by atoms with Crippen molar-refractivity contribution in [1.82, 2.24) is 10.4 Å². The zero-order valence-electron chi connectivity index (χ0n) is 7.34. The van der Waals surface area contributed by atoms with Gasteiger partial charge in [0.2, 0.25) is 5.91 Å². The van der Waals surface area contributed by atoms with E-state index >= 15 is 0 Å². The maximum absolute atomic E-state index is 11.4. The predicted molar refractivity (Wildman–Crippen MR) is 45.1 cm³/mol. The Morgan fingerprint density at radius 1 is 1.75 bits per heavy atom. The van der Waals surface area contributed by atoms with E-state index in [9.17, 15) is 4.79 Å². The normalized spacial score (nSPS) is 28.2. The molecule has 1 saturated carbocycles. The highest BCUT2D eigenvalue weighted by atomic mass is 16.2. The fourth-order valence-electron chi connectivity index (χ4n) is 1.65. The first kappa shape index (κ1) is 8.01. The molecule has 1 saturated heterocycles. The molecule has 0 radical (unpaired) electrons. The number of hydrogen-bond acceptors (Lipinski definition) is 3. The first-order valence-electron chi connectivity index (χ1n) is 4.45. The van der Waals surface area contributed by atoms with Crippen LogP contribution in [0, 0.1) is 0 Å². The molecule has 3 N–H and O–H groups in total. The van der Waals surface area contributed by atoms with Crippen LogP contribution in [0.15, 0.2) is 0 Å². The van der Waals surface area contributed by atoms with E-state index in [1.54, 1.807) is 5.01 Å². The second-order valence-electron chi connectivity index (χ2n) is 4.05. The van der Waals surface area contributed by atoms with Crippen LogP contribution in [-0.2, 0) is 4.79 Å². The first-order valence-corrected chi connectivity index (χ1v) is 4.45. The van der Waals surface area contributed by atoms with Gasteiger partial charge in [-0.2, -0.15) is 0 Å². The zero-order valence-corrected chi connectivity index (χ0v) is 7.34. The number of nitrogens with one attached hydrogen (secondary N) is 1. The van der Waals surface area contributed by atoms with Crippen molar-refractivity contribution in [3.8, 4) is 0 Å². The second-order valence-corrected chi connectivity index (χ2v) is 4.05. The number of nitrogens with two attached hydrogens (primary N) is 1. The van der Waals surface area contributed by atoms with E-state index in [1.165, 1.54) is 0 Å². The van der Waals surface area contributed by atoms with Gasteiger partial charge in [0.25, 0.3) is 0 Å². The van der Waals surface area contributed by atoms with Gasteiger partial charge < -0.3 is 5.73 Å². The van der Waals surface area contributed by atoms with Crippen LogP contribution in [0.1, 0.15) is 26.2 Å². The Morgan fingerprint density at radius 3 is 2.83 bits per heavy atom. The van der Waals surface area contributed by atoms with Gasteiger partial charge in [-0.1, -0.05) is 0 Å². The SMILES string of the molecule is CC(N)CN1NC2(CC2)CC1=O. The highest BCUT2D eigenvalue weighted by Gasteiger charge is 2.51. The summed E-state index contributed by atoms with van der Waals surface area (Å²) in [6.45, 7) is 2.54. The Morgan fingerprint density at radius 2 is 2.42 bits per heavy atom. The fourth-order valence-corrected chi connectivity index (χ4v) is 1.65. The fraction of sp³-hybridized carbons (Fsp3) is 0.875. The molecule has 4 nitrogen and oxygen atoms in total. The zero-order chi connectivity index (χ0) is 8.77. The summed E-state index contributed by atoms with van der Waals surface area (Å²) in [4.78, 5) is 11.4. The third-order valence-corrected chi connectivity index (χ3v) is 2.49. The minimum Gasteiger partial charge on any atom is -0.326 e. The summed E-state index contributed by atoms with van der Waals surface area (Å²) in [5, 5.41) is 1.68. The maximum atomic E-state index is 11.4. The van der Waals surface area contributed by atoms with Crippen LogP contribution >= 0.6 is 0 Å². The highest BCUT2D eigenvalue weighted by Crippen LogP contribution is 2.42. The minimum atomic E-state index is 0.0513. The molecule has 4 heteroatoms. The molecule has 68 valence electrons. The van der Waals surface area contributed by atoms with Crippen LogP contribution in [0.25, 0.3) is 0 Å². The minimum absolute atomic E-state index is 0.0513. The summed E-state index contributed by atoms with van der Waals surface area (Å²) >= 11 is 0. The number of carbonyl (C=O) groups is 1.